The van der Waals surface area contributed by atoms with Gasteiger partial charge in [0.1, 0.15) is 10.4 Å². The van der Waals surface area contributed by atoms with Gasteiger partial charge in [-0.05, 0) is 53.7 Å². The monoisotopic (exact) mass is 328 g/mol. The second-order valence-electron chi connectivity index (χ2n) is 6.58. The van der Waals surface area contributed by atoms with Gasteiger partial charge in [-0.25, -0.2) is 4.98 Å². The lowest BCUT2D eigenvalue weighted by atomic mass is 9.82. The smallest absolute Gasteiger partial charge is 0.274 e. The molecule has 0 radical (unpaired) electrons. The van der Waals surface area contributed by atoms with E-state index in [1.165, 1.54) is 6.07 Å². The number of carbonyl (C=O) groups excluding carboxylic acids is 1. The van der Waals surface area contributed by atoms with E-state index >= 15 is 0 Å². The molecule has 0 saturated heterocycles. The van der Waals surface area contributed by atoms with Gasteiger partial charge in [-0.2, -0.15) is 0 Å². The molecular weight excluding hydrogens is 308 g/mol. The number of aromatic nitrogens is 1. The molecule has 1 aromatic heterocycles. The molecule has 4 nitrogen and oxygen atoms in total. The summed E-state index contributed by atoms with van der Waals surface area (Å²) in [6.07, 6.45) is 0.820. The van der Waals surface area contributed by atoms with Crippen LogP contribution in [-0.2, 0) is 0 Å². The van der Waals surface area contributed by atoms with Crippen LogP contribution in [0.1, 0.15) is 51.5 Å². The van der Waals surface area contributed by atoms with Crippen LogP contribution in [0.5, 0.6) is 5.75 Å². The largest absolute Gasteiger partial charge is 0.505 e. The zero-order valence-electron chi connectivity index (χ0n) is 12.0. The van der Waals surface area contributed by atoms with Crippen LogP contribution in [0.2, 0.25) is 0 Å². The van der Waals surface area contributed by atoms with Crippen LogP contribution in [0.25, 0.3) is 0 Å². The van der Waals surface area contributed by atoms with Crippen molar-refractivity contribution in [2.45, 2.75) is 46.6 Å². The van der Waals surface area contributed by atoms with Gasteiger partial charge in [0.25, 0.3) is 5.91 Å². The van der Waals surface area contributed by atoms with Crippen molar-refractivity contribution in [2.75, 3.05) is 0 Å². The van der Waals surface area contributed by atoms with Crippen LogP contribution in [-0.4, -0.2) is 21.5 Å². The fourth-order valence-electron chi connectivity index (χ4n) is 2.33. The summed E-state index contributed by atoms with van der Waals surface area (Å²) in [5.41, 5.74) is -0.230. The van der Waals surface area contributed by atoms with Gasteiger partial charge < -0.3 is 10.4 Å². The van der Waals surface area contributed by atoms with Gasteiger partial charge in [-0.1, -0.05) is 20.8 Å². The SMILES string of the molecule is CC(C)(C)CC(C)(C)NC(=O)c1nc(Br)ccc1O. The molecule has 0 aliphatic carbocycles. The van der Waals surface area contributed by atoms with Crippen molar-refractivity contribution in [3.8, 4) is 5.75 Å². The van der Waals surface area contributed by atoms with Crippen molar-refractivity contribution in [2.24, 2.45) is 5.41 Å². The average Bonchev–Trinajstić information content (AvgIpc) is 2.16. The van der Waals surface area contributed by atoms with E-state index in [0.717, 1.165) is 6.42 Å². The van der Waals surface area contributed by atoms with Crippen LogP contribution in [0.4, 0.5) is 0 Å². The van der Waals surface area contributed by atoms with Crippen molar-refractivity contribution in [3.05, 3.63) is 22.4 Å². The Hall–Kier alpha value is -1.10. The number of pyridine rings is 1. The van der Waals surface area contributed by atoms with Gasteiger partial charge in [-0.3, -0.25) is 4.79 Å². The maximum absolute atomic E-state index is 12.2. The summed E-state index contributed by atoms with van der Waals surface area (Å²) in [4.78, 5) is 16.2. The predicted octanol–water partition coefficient (Wildman–Crippen LogP) is 3.49. The minimum Gasteiger partial charge on any atom is -0.505 e. The molecule has 0 atom stereocenters. The molecule has 1 amide bonds. The normalized spacial score (nSPS) is 12.3. The van der Waals surface area contributed by atoms with E-state index in [4.69, 9.17) is 0 Å². The second-order valence-corrected chi connectivity index (χ2v) is 7.39. The highest BCUT2D eigenvalue weighted by molar-refractivity contribution is 9.10. The third-order valence-corrected chi connectivity index (χ3v) is 2.92. The van der Waals surface area contributed by atoms with Crippen LogP contribution >= 0.6 is 15.9 Å². The maximum atomic E-state index is 12.2. The molecule has 2 N–H and O–H groups in total. The quantitative estimate of drug-likeness (QED) is 0.835. The number of amides is 1. The summed E-state index contributed by atoms with van der Waals surface area (Å²) >= 11 is 3.19. The minimum atomic E-state index is -0.369. The number of aromatic hydroxyl groups is 1. The van der Waals surface area contributed by atoms with Crippen LogP contribution in [0.15, 0.2) is 16.7 Å². The molecule has 0 aliphatic heterocycles. The number of rotatable bonds is 3. The van der Waals surface area contributed by atoms with Gasteiger partial charge in [0.2, 0.25) is 0 Å². The summed E-state index contributed by atoms with van der Waals surface area (Å²) < 4.78 is 0.518. The molecule has 106 valence electrons. The van der Waals surface area contributed by atoms with E-state index in [2.05, 4.69) is 47.0 Å². The third-order valence-electron chi connectivity index (χ3n) is 2.48. The molecule has 0 spiro atoms. The second kappa shape index (κ2) is 5.49. The Morgan fingerprint density at radius 1 is 1.32 bits per heavy atom. The first kappa shape index (κ1) is 16.0. The number of halogens is 1. The van der Waals surface area contributed by atoms with E-state index in [-0.39, 0.29) is 28.3 Å². The Kier molecular flexibility index (Phi) is 4.61. The van der Waals surface area contributed by atoms with Crippen molar-refractivity contribution < 1.29 is 9.90 Å². The number of nitrogens with one attached hydrogen (secondary N) is 1. The topological polar surface area (TPSA) is 62.2 Å². The zero-order valence-corrected chi connectivity index (χ0v) is 13.6. The molecule has 1 rings (SSSR count). The molecule has 0 saturated carbocycles. The lowest BCUT2D eigenvalue weighted by Gasteiger charge is -2.33. The molecule has 0 aliphatic rings. The molecule has 1 heterocycles. The third kappa shape index (κ3) is 5.19. The van der Waals surface area contributed by atoms with Gasteiger partial charge in [0.05, 0.1) is 0 Å². The Morgan fingerprint density at radius 2 is 1.89 bits per heavy atom. The standard InChI is InChI=1S/C14H21BrN2O2/c1-13(2,3)8-14(4,5)17-12(19)11-9(18)6-7-10(15)16-11/h6-7,18H,8H2,1-5H3,(H,17,19). The Labute approximate surface area is 122 Å². The van der Waals surface area contributed by atoms with Crippen molar-refractivity contribution in [1.82, 2.24) is 10.3 Å². The van der Waals surface area contributed by atoms with E-state index in [1.54, 1.807) is 6.07 Å². The Balaban J connectivity index is 2.87. The number of nitrogens with zero attached hydrogens (tertiary/aromatic N) is 1. The van der Waals surface area contributed by atoms with Gasteiger partial charge >= 0.3 is 0 Å². The Morgan fingerprint density at radius 3 is 2.42 bits per heavy atom. The first-order valence-electron chi connectivity index (χ1n) is 6.18. The predicted molar refractivity (Wildman–Crippen MR) is 79.2 cm³/mol. The first-order valence-corrected chi connectivity index (χ1v) is 6.97. The van der Waals surface area contributed by atoms with Crippen LogP contribution in [0.3, 0.4) is 0 Å². The van der Waals surface area contributed by atoms with E-state index in [0.29, 0.717) is 4.60 Å². The molecule has 19 heavy (non-hydrogen) atoms. The average molecular weight is 329 g/mol. The van der Waals surface area contributed by atoms with Crippen molar-refractivity contribution in [1.29, 1.82) is 0 Å². The minimum absolute atomic E-state index is 0.0383. The summed E-state index contributed by atoms with van der Waals surface area (Å²) in [7, 11) is 0. The number of carbonyl (C=O) groups is 1. The van der Waals surface area contributed by atoms with Gasteiger partial charge in [0, 0.05) is 5.54 Å². The highest BCUT2D eigenvalue weighted by Gasteiger charge is 2.28. The first-order chi connectivity index (χ1) is 8.50. The Bertz CT molecular complexity index is 479. The molecule has 0 bridgehead atoms. The summed E-state index contributed by atoms with van der Waals surface area (Å²) in [5, 5.41) is 12.6. The fraction of sp³-hybridized carbons (Fsp3) is 0.571. The molecular formula is C14H21BrN2O2. The molecule has 0 unspecified atom stereocenters. The molecule has 1 aromatic rings. The summed E-state index contributed by atoms with van der Waals surface area (Å²) in [6.45, 7) is 10.3. The van der Waals surface area contributed by atoms with Crippen molar-refractivity contribution in [3.63, 3.8) is 0 Å². The lowest BCUT2D eigenvalue weighted by molar-refractivity contribution is 0.0883. The fourth-order valence-corrected chi connectivity index (χ4v) is 2.64. The lowest BCUT2D eigenvalue weighted by Crippen LogP contribution is -2.46. The van der Waals surface area contributed by atoms with E-state index in [1.807, 2.05) is 13.8 Å². The maximum Gasteiger partial charge on any atom is 0.274 e. The highest BCUT2D eigenvalue weighted by atomic mass is 79.9. The number of hydrogen-bond donors (Lipinski definition) is 2. The molecule has 0 fully saturated rings. The van der Waals surface area contributed by atoms with E-state index < -0.39 is 0 Å². The molecule has 0 aromatic carbocycles. The van der Waals surface area contributed by atoms with E-state index in [9.17, 15) is 9.90 Å². The summed E-state index contributed by atoms with van der Waals surface area (Å²) in [6, 6.07) is 3.04. The summed E-state index contributed by atoms with van der Waals surface area (Å²) in [5.74, 6) is -0.486. The van der Waals surface area contributed by atoms with Gasteiger partial charge in [-0.15, -0.1) is 0 Å². The van der Waals surface area contributed by atoms with Crippen LogP contribution < -0.4 is 5.32 Å². The highest BCUT2D eigenvalue weighted by Crippen LogP contribution is 2.27. The van der Waals surface area contributed by atoms with Crippen molar-refractivity contribution >= 4 is 21.8 Å². The van der Waals surface area contributed by atoms with Crippen LogP contribution in [0, 0.1) is 5.41 Å². The zero-order chi connectivity index (χ0) is 14.8. The van der Waals surface area contributed by atoms with Gasteiger partial charge in [0.15, 0.2) is 5.69 Å². The molecule has 5 heteroatoms. The number of hydrogen-bond acceptors (Lipinski definition) is 3.